The van der Waals surface area contributed by atoms with Crippen molar-refractivity contribution in [2.75, 3.05) is 17.7 Å². The zero-order valence-electron chi connectivity index (χ0n) is 12.1. The highest BCUT2D eigenvalue weighted by Crippen LogP contribution is 2.21. The number of urea groups is 1. The summed E-state index contributed by atoms with van der Waals surface area (Å²) in [4.78, 5) is 12.0. The second kappa shape index (κ2) is 6.76. The third kappa shape index (κ3) is 3.97. The van der Waals surface area contributed by atoms with Gasteiger partial charge in [0.2, 0.25) is 0 Å². The van der Waals surface area contributed by atoms with E-state index >= 15 is 0 Å². The Bertz CT molecular complexity index is 609. The topological polar surface area (TPSA) is 76.4 Å². The summed E-state index contributed by atoms with van der Waals surface area (Å²) in [5.74, 6) is 0.739. The number of nitrogens with two attached hydrogens (primary N) is 1. The van der Waals surface area contributed by atoms with Gasteiger partial charge in [0.15, 0.2) is 0 Å². The zero-order valence-corrected chi connectivity index (χ0v) is 12.1. The summed E-state index contributed by atoms with van der Waals surface area (Å²) in [7, 11) is 1.60. The quantitative estimate of drug-likeness (QED) is 0.806. The summed E-state index contributed by atoms with van der Waals surface area (Å²) >= 11 is 0. The van der Waals surface area contributed by atoms with Crippen LogP contribution in [0, 0.1) is 0 Å². The van der Waals surface area contributed by atoms with Gasteiger partial charge in [0.1, 0.15) is 5.75 Å². The van der Waals surface area contributed by atoms with Crippen molar-refractivity contribution in [2.45, 2.75) is 13.0 Å². The van der Waals surface area contributed by atoms with Gasteiger partial charge in [-0.2, -0.15) is 0 Å². The average molecular weight is 285 g/mol. The Morgan fingerprint density at radius 3 is 2.38 bits per heavy atom. The van der Waals surface area contributed by atoms with Crippen molar-refractivity contribution >= 4 is 17.4 Å². The van der Waals surface area contributed by atoms with Crippen LogP contribution in [0.25, 0.3) is 0 Å². The normalized spacial score (nSPS) is 11.6. The molecule has 21 heavy (non-hydrogen) atoms. The Kier molecular flexibility index (Phi) is 4.79. The minimum absolute atomic E-state index is 0.150. The third-order valence-electron chi connectivity index (χ3n) is 3.05. The number of rotatable bonds is 4. The molecule has 110 valence electrons. The molecule has 0 aliphatic carbocycles. The number of carbonyl (C=O) groups excluding carboxylic acids is 1. The highest BCUT2D eigenvalue weighted by atomic mass is 16.5. The number of anilines is 2. The Morgan fingerprint density at radius 1 is 1.10 bits per heavy atom. The second-order valence-electron chi connectivity index (χ2n) is 4.68. The van der Waals surface area contributed by atoms with Crippen LogP contribution in [0.2, 0.25) is 0 Å². The molecular weight excluding hydrogens is 266 g/mol. The maximum atomic E-state index is 12.0. The molecule has 1 unspecified atom stereocenters. The molecule has 0 saturated heterocycles. The van der Waals surface area contributed by atoms with Crippen LogP contribution in [0.15, 0.2) is 48.5 Å². The number of methoxy groups -OCH3 is 1. The average Bonchev–Trinajstić information content (AvgIpc) is 2.48. The fourth-order valence-electron chi connectivity index (χ4n) is 1.97. The van der Waals surface area contributed by atoms with Crippen molar-refractivity contribution in [3.63, 3.8) is 0 Å². The fraction of sp³-hybridized carbons (Fsp3) is 0.188. The summed E-state index contributed by atoms with van der Waals surface area (Å²) < 4.78 is 5.07. The molecule has 5 heteroatoms. The van der Waals surface area contributed by atoms with Crippen molar-refractivity contribution in [2.24, 2.45) is 5.73 Å². The molecule has 2 rings (SSSR count). The van der Waals surface area contributed by atoms with E-state index < -0.39 is 0 Å². The lowest BCUT2D eigenvalue weighted by Gasteiger charge is -2.14. The van der Waals surface area contributed by atoms with Gasteiger partial charge in [-0.05, 0) is 42.8 Å². The number of hydrogen-bond acceptors (Lipinski definition) is 3. The van der Waals surface area contributed by atoms with E-state index in [1.807, 2.05) is 31.2 Å². The van der Waals surface area contributed by atoms with Gasteiger partial charge in [0, 0.05) is 17.4 Å². The van der Waals surface area contributed by atoms with E-state index in [1.54, 1.807) is 31.4 Å². The lowest BCUT2D eigenvalue weighted by molar-refractivity contribution is 0.262. The molecule has 5 nitrogen and oxygen atoms in total. The predicted octanol–water partition coefficient (Wildman–Crippen LogP) is 3.36. The molecule has 4 N–H and O–H groups in total. The molecule has 0 heterocycles. The van der Waals surface area contributed by atoms with Crippen molar-refractivity contribution in [1.29, 1.82) is 0 Å². The number of hydrogen-bond donors (Lipinski definition) is 3. The molecule has 0 aliphatic heterocycles. The summed E-state index contributed by atoms with van der Waals surface area (Å²) in [6.07, 6.45) is 0. The van der Waals surface area contributed by atoms with Gasteiger partial charge in [-0.15, -0.1) is 0 Å². The molecule has 0 bridgehead atoms. The molecule has 2 aromatic rings. The number of para-hydroxylation sites is 1. The standard InChI is InChI=1S/C16H19N3O2/c1-11(17)14-5-3-4-6-15(14)19-16(20)18-12-7-9-13(21-2)10-8-12/h3-11H,17H2,1-2H3,(H2,18,19,20). The van der Waals surface area contributed by atoms with Gasteiger partial charge in [0.05, 0.1) is 7.11 Å². The Hall–Kier alpha value is -2.53. The van der Waals surface area contributed by atoms with Crippen molar-refractivity contribution in [3.8, 4) is 5.75 Å². The summed E-state index contributed by atoms with van der Waals surface area (Å²) in [6, 6.07) is 14.1. The zero-order chi connectivity index (χ0) is 15.2. The smallest absolute Gasteiger partial charge is 0.323 e. The van der Waals surface area contributed by atoms with E-state index in [9.17, 15) is 4.79 Å². The molecule has 2 amide bonds. The molecule has 1 atom stereocenters. The van der Waals surface area contributed by atoms with E-state index in [4.69, 9.17) is 10.5 Å². The van der Waals surface area contributed by atoms with Crippen LogP contribution in [0.3, 0.4) is 0 Å². The molecule has 2 aromatic carbocycles. The van der Waals surface area contributed by atoms with Gasteiger partial charge >= 0.3 is 6.03 Å². The molecule has 0 fully saturated rings. The van der Waals surface area contributed by atoms with Gasteiger partial charge in [0.25, 0.3) is 0 Å². The van der Waals surface area contributed by atoms with Gasteiger partial charge in [-0.3, -0.25) is 0 Å². The van der Waals surface area contributed by atoms with Crippen LogP contribution in [-0.2, 0) is 0 Å². The Balaban J connectivity index is 2.04. The third-order valence-corrected chi connectivity index (χ3v) is 3.05. The highest BCUT2D eigenvalue weighted by molar-refractivity contribution is 6.00. The van der Waals surface area contributed by atoms with Crippen LogP contribution >= 0.6 is 0 Å². The first kappa shape index (κ1) is 14.9. The first-order valence-electron chi connectivity index (χ1n) is 6.66. The van der Waals surface area contributed by atoms with E-state index in [1.165, 1.54) is 0 Å². The first-order chi connectivity index (χ1) is 10.1. The van der Waals surface area contributed by atoms with Crippen molar-refractivity contribution < 1.29 is 9.53 Å². The van der Waals surface area contributed by atoms with Crippen molar-refractivity contribution in [1.82, 2.24) is 0 Å². The molecular formula is C16H19N3O2. The second-order valence-corrected chi connectivity index (χ2v) is 4.68. The molecule has 0 radical (unpaired) electrons. The monoisotopic (exact) mass is 285 g/mol. The lowest BCUT2D eigenvalue weighted by atomic mass is 10.1. The molecule has 0 aromatic heterocycles. The van der Waals surface area contributed by atoms with Crippen LogP contribution < -0.4 is 21.1 Å². The Labute approximate surface area is 124 Å². The molecule has 0 aliphatic rings. The molecule has 0 saturated carbocycles. The van der Waals surface area contributed by atoms with E-state index in [-0.39, 0.29) is 12.1 Å². The number of amides is 2. The first-order valence-corrected chi connectivity index (χ1v) is 6.66. The van der Waals surface area contributed by atoms with E-state index in [0.717, 1.165) is 11.3 Å². The van der Waals surface area contributed by atoms with Crippen LogP contribution in [0.1, 0.15) is 18.5 Å². The SMILES string of the molecule is COc1ccc(NC(=O)Nc2ccccc2C(C)N)cc1. The maximum Gasteiger partial charge on any atom is 0.323 e. The van der Waals surface area contributed by atoms with E-state index in [2.05, 4.69) is 10.6 Å². The Morgan fingerprint density at radius 2 is 1.76 bits per heavy atom. The van der Waals surface area contributed by atoms with Gasteiger partial charge in [-0.1, -0.05) is 18.2 Å². The predicted molar refractivity (Wildman–Crippen MR) is 84.7 cm³/mol. The van der Waals surface area contributed by atoms with Gasteiger partial charge in [-0.25, -0.2) is 4.79 Å². The van der Waals surface area contributed by atoms with Crippen LogP contribution in [0.5, 0.6) is 5.75 Å². The number of benzene rings is 2. The highest BCUT2D eigenvalue weighted by Gasteiger charge is 2.09. The lowest BCUT2D eigenvalue weighted by Crippen LogP contribution is -2.21. The summed E-state index contributed by atoms with van der Waals surface area (Å²) in [5, 5.41) is 5.57. The summed E-state index contributed by atoms with van der Waals surface area (Å²) in [5.41, 5.74) is 8.17. The van der Waals surface area contributed by atoms with Crippen molar-refractivity contribution in [3.05, 3.63) is 54.1 Å². The largest absolute Gasteiger partial charge is 0.497 e. The number of carbonyl (C=O) groups is 1. The van der Waals surface area contributed by atoms with Gasteiger partial charge < -0.3 is 21.1 Å². The van der Waals surface area contributed by atoms with Crippen LogP contribution in [-0.4, -0.2) is 13.1 Å². The fourth-order valence-corrected chi connectivity index (χ4v) is 1.97. The molecule has 0 spiro atoms. The summed E-state index contributed by atoms with van der Waals surface area (Å²) in [6.45, 7) is 1.88. The van der Waals surface area contributed by atoms with Crippen LogP contribution in [0.4, 0.5) is 16.2 Å². The minimum Gasteiger partial charge on any atom is -0.497 e. The number of ether oxygens (including phenoxy) is 1. The minimum atomic E-state index is -0.312. The maximum absolute atomic E-state index is 12.0. The number of nitrogens with one attached hydrogen (secondary N) is 2. The van der Waals surface area contributed by atoms with E-state index in [0.29, 0.717) is 11.4 Å².